The largest absolute Gasteiger partial charge is 0.416 e. The van der Waals surface area contributed by atoms with Crippen molar-refractivity contribution in [1.82, 2.24) is 4.98 Å². The molecule has 1 heterocycles. The average Bonchev–Trinajstić information content (AvgIpc) is 2.81. The second-order valence-corrected chi connectivity index (χ2v) is 5.36. The van der Waals surface area contributed by atoms with Gasteiger partial charge in [0.15, 0.2) is 5.13 Å². The van der Waals surface area contributed by atoms with Gasteiger partial charge >= 0.3 is 6.18 Å². The van der Waals surface area contributed by atoms with Gasteiger partial charge in [-0.1, -0.05) is 11.3 Å². The van der Waals surface area contributed by atoms with E-state index in [-0.39, 0.29) is 5.82 Å². The summed E-state index contributed by atoms with van der Waals surface area (Å²) in [5, 5.41) is 3.39. The van der Waals surface area contributed by atoms with Crippen molar-refractivity contribution in [1.29, 1.82) is 0 Å². The summed E-state index contributed by atoms with van der Waals surface area (Å²) in [7, 11) is 0. The third kappa shape index (κ3) is 2.97. The lowest BCUT2D eigenvalue weighted by Crippen LogP contribution is -2.03. The Kier molecular flexibility index (Phi) is 3.29. The second kappa shape index (κ2) is 5.00. The van der Waals surface area contributed by atoms with Crippen LogP contribution in [0.2, 0.25) is 0 Å². The Morgan fingerprint density at radius 3 is 2.38 bits per heavy atom. The summed E-state index contributed by atoms with van der Waals surface area (Å²) in [5.74, 6) is -0.361. The Morgan fingerprint density at radius 2 is 1.71 bits per heavy atom. The molecule has 2 aromatic carbocycles. The molecule has 0 radical (unpaired) electrons. The predicted octanol–water partition coefficient (Wildman–Crippen LogP) is 5.20. The highest BCUT2D eigenvalue weighted by molar-refractivity contribution is 7.22. The van der Waals surface area contributed by atoms with Crippen molar-refractivity contribution in [2.75, 3.05) is 5.32 Å². The first-order chi connectivity index (χ1) is 9.91. The Balaban J connectivity index is 1.92. The lowest BCUT2D eigenvalue weighted by Gasteiger charge is -2.04. The minimum Gasteiger partial charge on any atom is -0.332 e. The van der Waals surface area contributed by atoms with Crippen LogP contribution >= 0.6 is 11.3 Å². The lowest BCUT2D eigenvalue weighted by molar-refractivity contribution is -0.137. The Labute approximate surface area is 121 Å². The summed E-state index contributed by atoms with van der Waals surface area (Å²) in [6, 6.07) is 9.05. The van der Waals surface area contributed by atoms with Crippen LogP contribution in [0.25, 0.3) is 10.2 Å². The maximum absolute atomic E-state index is 12.8. The Hall–Kier alpha value is -2.15. The first-order valence-electron chi connectivity index (χ1n) is 5.92. The molecule has 0 aliphatic rings. The smallest absolute Gasteiger partial charge is 0.332 e. The molecule has 1 N–H and O–H groups in total. The maximum atomic E-state index is 12.8. The first-order valence-corrected chi connectivity index (χ1v) is 6.74. The van der Waals surface area contributed by atoms with Gasteiger partial charge in [-0.25, -0.2) is 9.37 Å². The highest BCUT2D eigenvalue weighted by Crippen LogP contribution is 2.35. The van der Waals surface area contributed by atoms with E-state index in [2.05, 4.69) is 10.3 Å². The highest BCUT2D eigenvalue weighted by atomic mass is 32.1. The molecule has 3 rings (SSSR count). The Morgan fingerprint density at radius 1 is 1.00 bits per heavy atom. The molecule has 0 aliphatic carbocycles. The second-order valence-electron chi connectivity index (χ2n) is 4.33. The molecule has 0 aliphatic heterocycles. The quantitative estimate of drug-likeness (QED) is 0.658. The van der Waals surface area contributed by atoms with Gasteiger partial charge in [0.1, 0.15) is 5.82 Å². The standard InChI is InChI=1S/C14H8F4N2S/c15-9-2-4-10(5-3-9)19-13-20-11-6-1-8(14(16,17)18)7-12(11)21-13/h1-7H,(H,19,20). The fourth-order valence-corrected chi connectivity index (χ4v) is 2.74. The van der Waals surface area contributed by atoms with E-state index >= 15 is 0 Å². The number of fused-ring (bicyclic) bond motifs is 1. The van der Waals surface area contributed by atoms with Crippen LogP contribution in [-0.4, -0.2) is 4.98 Å². The normalized spacial score (nSPS) is 11.8. The summed E-state index contributed by atoms with van der Waals surface area (Å²) < 4.78 is 51.2. The first kappa shape index (κ1) is 13.8. The summed E-state index contributed by atoms with van der Waals surface area (Å²) in [6.45, 7) is 0. The van der Waals surface area contributed by atoms with Crippen LogP contribution in [0, 0.1) is 5.82 Å². The van der Waals surface area contributed by atoms with Gasteiger partial charge in [0.05, 0.1) is 15.8 Å². The predicted molar refractivity (Wildman–Crippen MR) is 74.3 cm³/mol. The molecule has 0 unspecified atom stereocenters. The number of hydrogen-bond donors (Lipinski definition) is 1. The van der Waals surface area contributed by atoms with E-state index in [0.29, 0.717) is 21.0 Å². The Bertz CT molecular complexity index is 778. The highest BCUT2D eigenvalue weighted by Gasteiger charge is 2.30. The third-order valence-corrected chi connectivity index (χ3v) is 3.74. The molecule has 0 amide bonds. The molecule has 108 valence electrons. The molecular formula is C14H8F4N2S. The average molecular weight is 312 g/mol. The molecule has 7 heteroatoms. The van der Waals surface area contributed by atoms with Gasteiger partial charge < -0.3 is 5.32 Å². The van der Waals surface area contributed by atoms with Crippen LogP contribution in [-0.2, 0) is 6.18 Å². The molecular weight excluding hydrogens is 304 g/mol. The van der Waals surface area contributed by atoms with Gasteiger partial charge in [-0.2, -0.15) is 13.2 Å². The molecule has 0 spiro atoms. The molecule has 1 aromatic heterocycles. The van der Waals surface area contributed by atoms with E-state index in [1.807, 2.05) is 0 Å². The topological polar surface area (TPSA) is 24.9 Å². The van der Waals surface area contributed by atoms with Crippen molar-refractivity contribution >= 4 is 32.4 Å². The van der Waals surface area contributed by atoms with Crippen LogP contribution in [0.3, 0.4) is 0 Å². The number of halogens is 4. The van der Waals surface area contributed by atoms with E-state index < -0.39 is 11.7 Å². The SMILES string of the molecule is Fc1ccc(Nc2nc3ccc(C(F)(F)F)cc3s2)cc1. The number of nitrogens with zero attached hydrogens (tertiary/aromatic N) is 1. The van der Waals surface area contributed by atoms with Gasteiger partial charge in [0, 0.05) is 5.69 Å². The number of rotatable bonds is 2. The van der Waals surface area contributed by atoms with Gasteiger partial charge in [0.25, 0.3) is 0 Å². The summed E-state index contributed by atoms with van der Waals surface area (Å²) in [4.78, 5) is 4.20. The zero-order chi connectivity index (χ0) is 15.0. The molecule has 0 saturated carbocycles. The van der Waals surface area contributed by atoms with E-state index in [0.717, 1.165) is 23.5 Å². The molecule has 0 bridgehead atoms. The minimum absolute atomic E-state index is 0.361. The maximum Gasteiger partial charge on any atom is 0.416 e. The van der Waals surface area contributed by atoms with E-state index in [1.165, 1.54) is 30.3 Å². The number of benzene rings is 2. The van der Waals surface area contributed by atoms with Crippen LogP contribution < -0.4 is 5.32 Å². The molecule has 0 saturated heterocycles. The van der Waals surface area contributed by atoms with Crippen LogP contribution in [0.5, 0.6) is 0 Å². The third-order valence-electron chi connectivity index (χ3n) is 2.81. The van der Waals surface area contributed by atoms with Gasteiger partial charge in [-0.3, -0.25) is 0 Å². The monoisotopic (exact) mass is 312 g/mol. The summed E-state index contributed by atoms with van der Waals surface area (Å²) in [5.41, 5.74) is 0.399. The minimum atomic E-state index is -4.37. The zero-order valence-electron chi connectivity index (χ0n) is 10.4. The fourth-order valence-electron chi connectivity index (χ4n) is 1.81. The van der Waals surface area contributed by atoms with Crippen molar-refractivity contribution in [3.8, 4) is 0 Å². The van der Waals surface area contributed by atoms with Crippen molar-refractivity contribution in [2.24, 2.45) is 0 Å². The molecule has 21 heavy (non-hydrogen) atoms. The number of aromatic nitrogens is 1. The summed E-state index contributed by atoms with van der Waals surface area (Å²) >= 11 is 1.11. The van der Waals surface area contributed by atoms with Crippen LogP contribution in [0.1, 0.15) is 5.56 Å². The number of hydrogen-bond acceptors (Lipinski definition) is 3. The van der Waals surface area contributed by atoms with Gasteiger partial charge in [-0.05, 0) is 42.5 Å². The zero-order valence-corrected chi connectivity index (χ0v) is 11.2. The van der Waals surface area contributed by atoms with E-state index in [4.69, 9.17) is 0 Å². The molecule has 0 atom stereocenters. The van der Waals surface area contributed by atoms with Gasteiger partial charge in [-0.15, -0.1) is 0 Å². The fraction of sp³-hybridized carbons (Fsp3) is 0.0714. The number of thiazole rings is 1. The van der Waals surface area contributed by atoms with Crippen molar-refractivity contribution in [3.05, 3.63) is 53.8 Å². The van der Waals surface area contributed by atoms with Crippen LogP contribution in [0.15, 0.2) is 42.5 Å². The number of alkyl halides is 3. The van der Waals surface area contributed by atoms with Crippen molar-refractivity contribution in [3.63, 3.8) is 0 Å². The van der Waals surface area contributed by atoms with Crippen LogP contribution in [0.4, 0.5) is 28.4 Å². The van der Waals surface area contributed by atoms with Crippen molar-refractivity contribution in [2.45, 2.75) is 6.18 Å². The molecule has 3 aromatic rings. The lowest BCUT2D eigenvalue weighted by atomic mass is 10.2. The van der Waals surface area contributed by atoms with E-state index in [9.17, 15) is 17.6 Å². The van der Waals surface area contributed by atoms with Crippen molar-refractivity contribution < 1.29 is 17.6 Å². The van der Waals surface area contributed by atoms with E-state index in [1.54, 1.807) is 0 Å². The summed E-state index contributed by atoms with van der Waals surface area (Å²) in [6.07, 6.45) is -4.37. The number of anilines is 2. The number of nitrogens with one attached hydrogen (secondary N) is 1. The molecule has 2 nitrogen and oxygen atoms in total. The van der Waals surface area contributed by atoms with Gasteiger partial charge in [0.2, 0.25) is 0 Å². The molecule has 0 fully saturated rings.